The van der Waals surface area contributed by atoms with Gasteiger partial charge in [-0.05, 0) is 42.5 Å². The van der Waals surface area contributed by atoms with E-state index in [2.05, 4.69) is 29.2 Å². The van der Waals surface area contributed by atoms with E-state index in [1.807, 2.05) is 12.3 Å². The molecule has 2 heterocycles. The Morgan fingerprint density at radius 1 is 1.22 bits per heavy atom. The van der Waals surface area contributed by atoms with E-state index in [0.29, 0.717) is 5.92 Å². The molecule has 18 heavy (non-hydrogen) atoms. The van der Waals surface area contributed by atoms with Crippen LogP contribution in [0.5, 0.6) is 0 Å². The summed E-state index contributed by atoms with van der Waals surface area (Å²) in [5.41, 5.74) is 8.62. The Labute approximate surface area is 107 Å². The molecule has 94 valence electrons. The van der Waals surface area contributed by atoms with Crippen LogP contribution in [0.3, 0.4) is 0 Å². The molecule has 1 aromatic heterocycles. The van der Waals surface area contributed by atoms with Gasteiger partial charge in [0.05, 0.1) is 5.52 Å². The van der Waals surface area contributed by atoms with Crippen LogP contribution in [0.4, 0.5) is 0 Å². The Balaban J connectivity index is 1.88. The summed E-state index contributed by atoms with van der Waals surface area (Å²) in [6, 6.07) is 10.5. The molecule has 3 rings (SSSR count). The van der Waals surface area contributed by atoms with Crippen LogP contribution in [-0.4, -0.2) is 18.2 Å². The van der Waals surface area contributed by atoms with Crippen LogP contribution >= 0.6 is 0 Å². The molecule has 3 heteroatoms. The number of hydrogen-bond acceptors (Lipinski definition) is 3. The molecule has 0 aliphatic carbocycles. The Morgan fingerprint density at radius 2 is 2.06 bits per heavy atom. The smallest absolute Gasteiger partial charge is 0.0702 e. The van der Waals surface area contributed by atoms with Gasteiger partial charge in [0.25, 0.3) is 0 Å². The van der Waals surface area contributed by atoms with E-state index >= 15 is 0 Å². The summed E-state index contributed by atoms with van der Waals surface area (Å²) < 4.78 is 5.39. The van der Waals surface area contributed by atoms with Crippen LogP contribution in [0.25, 0.3) is 10.9 Å². The molecule has 0 bridgehead atoms. The van der Waals surface area contributed by atoms with Gasteiger partial charge >= 0.3 is 0 Å². The molecule has 1 saturated heterocycles. The van der Waals surface area contributed by atoms with Gasteiger partial charge in [-0.25, -0.2) is 0 Å². The fraction of sp³-hybridized carbons (Fsp3) is 0.400. The molecule has 1 unspecified atom stereocenters. The lowest BCUT2D eigenvalue weighted by atomic mass is 9.87. The normalized spacial score (nSPS) is 18.9. The molecule has 1 fully saturated rings. The van der Waals surface area contributed by atoms with E-state index in [-0.39, 0.29) is 6.04 Å². The summed E-state index contributed by atoms with van der Waals surface area (Å²) >= 11 is 0. The first kappa shape index (κ1) is 11.6. The van der Waals surface area contributed by atoms with Gasteiger partial charge in [-0.2, -0.15) is 0 Å². The highest BCUT2D eigenvalue weighted by Crippen LogP contribution is 2.29. The number of ether oxygens (including phenoxy) is 1. The van der Waals surface area contributed by atoms with Crippen molar-refractivity contribution in [2.45, 2.75) is 18.9 Å². The molecule has 3 nitrogen and oxygen atoms in total. The third-order valence-corrected chi connectivity index (χ3v) is 3.79. The number of rotatable bonds is 2. The lowest BCUT2D eigenvalue weighted by Crippen LogP contribution is -2.27. The molecule has 0 amide bonds. The Bertz CT molecular complexity index is 535. The van der Waals surface area contributed by atoms with E-state index in [1.54, 1.807) is 0 Å². The number of fused-ring (bicyclic) bond motifs is 1. The minimum atomic E-state index is 0.110. The number of pyridine rings is 1. The largest absolute Gasteiger partial charge is 0.381 e. The van der Waals surface area contributed by atoms with Crippen LogP contribution < -0.4 is 5.73 Å². The van der Waals surface area contributed by atoms with Crippen LogP contribution in [0, 0.1) is 5.92 Å². The molecule has 0 saturated carbocycles. The van der Waals surface area contributed by atoms with E-state index < -0.39 is 0 Å². The van der Waals surface area contributed by atoms with E-state index in [0.717, 1.165) is 37.0 Å². The number of hydrogen-bond donors (Lipinski definition) is 1. The zero-order valence-electron chi connectivity index (χ0n) is 10.4. The zero-order chi connectivity index (χ0) is 12.4. The standard InChI is InChI=1S/C15H18N2O/c16-15(11-5-8-18-9-6-11)13-3-4-14-12(10-13)2-1-7-17-14/h1-4,7,10-11,15H,5-6,8-9,16H2. The van der Waals surface area contributed by atoms with Gasteiger partial charge in [0, 0.05) is 30.8 Å². The third kappa shape index (κ3) is 2.24. The Morgan fingerprint density at radius 3 is 2.89 bits per heavy atom. The van der Waals surface area contributed by atoms with Gasteiger partial charge in [0.15, 0.2) is 0 Å². The molecule has 1 aliphatic rings. The van der Waals surface area contributed by atoms with E-state index in [4.69, 9.17) is 10.5 Å². The van der Waals surface area contributed by atoms with Crippen molar-refractivity contribution in [2.75, 3.05) is 13.2 Å². The zero-order valence-corrected chi connectivity index (χ0v) is 10.4. The van der Waals surface area contributed by atoms with Crippen molar-refractivity contribution in [3.05, 3.63) is 42.1 Å². The topological polar surface area (TPSA) is 48.1 Å². The monoisotopic (exact) mass is 242 g/mol. The molecule has 2 aromatic rings. The van der Waals surface area contributed by atoms with Crippen LogP contribution in [0.1, 0.15) is 24.4 Å². The van der Waals surface area contributed by atoms with Crippen LogP contribution in [-0.2, 0) is 4.74 Å². The van der Waals surface area contributed by atoms with Gasteiger partial charge in [0.1, 0.15) is 0 Å². The maximum absolute atomic E-state index is 6.38. The summed E-state index contributed by atoms with van der Waals surface area (Å²) in [6.07, 6.45) is 3.94. The first-order valence-corrected chi connectivity index (χ1v) is 6.52. The van der Waals surface area contributed by atoms with Gasteiger partial charge in [-0.3, -0.25) is 4.98 Å². The van der Waals surface area contributed by atoms with Crippen molar-refractivity contribution < 1.29 is 4.74 Å². The van der Waals surface area contributed by atoms with Crippen molar-refractivity contribution in [3.63, 3.8) is 0 Å². The van der Waals surface area contributed by atoms with Crippen molar-refractivity contribution in [3.8, 4) is 0 Å². The van der Waals surface area contributed by atoms with E-state index in [1.165, 1.54) is 5.56 Å². The molecule has 1 atom stereocenters. The first-order valence-electron chi connectivity index (χ1n) is 6.52. The molecular weight excluding hydrogens is 224 g/mol. The summed E-state index contributed by atoms with van der Waals surface area (Å²) in [6.45, 7) is 1.68. The quantitative estimate of drug-likeness (QED) is 0.880. The number of nitrogens with two attached hydrogens (primary N) is 1. The lowest BCUT2D eigenvalue weighted by molar-refractivity contribution is 0.0584. The molecule has 0 radical (unpaired) electrons. The predicted octanol–water partition coefficient (Wildman–Crippen LogP) is 2.66. The predicted molar refractivity (Wildman–Crippen MR) is 72.2 cm³/mol. The Kier molecular flexibility index (Phi) is 3.26. The Hall–Kier alpha value is -1.45. The number of benzene rings is 1. The van der Waals surface area contributed by atoms with Crippen molar-refractivity contribution in [1.29, 1.82) is 0 Å². The maximum atomic E-state index is 6.38. The van der Waals surface area contributed by atoms with Crippen molar-refractivity contribution in [1.82, 2.24) is 4.98 Å². The molecule has 1 aromatic carbocycles. The van der Waals surface area contributed by atoms with Gasteiger partial charge in [0.2, 0.25) is 0 Å². The molecule has 0 spiro atoms. The van der Waals surface area contributed by atoms with Gasteiger partial charge < -0.3 is 10.5 Å². The number of aromatic nitrogens is 1. The first-order chi connectivity index (χ1) is 8.84. The molecular formula is C15H18N2O. The number of nitrogens with zero attached hydrogens (tertiary/aromatic N) is 1. The van der Waals surface area contributed by atoms with Crippen molar-refractivity contribution >= 4 is 10.9 Å². The minimum Gasteiger partial charge on any atom is -0.381 e. The molecule has 2 N–H and O–H groups in total. The highest BCUT2D eigenvalue weighted by molar-refractivity contribution is 5.79. The van der Waals surface area contributed by atoms with Crippen LogP contribution in [0.2, 0.25) is 0 Å². The maximum Gasteiger partial charge on any atom is 0.0702 e. The minimum absolute atomic E-state index is 0.110. The SMILES string of the molecule is NC(c1ccc2ncccc2c1)C1CCOCC1. The summed E-state index contributed by atoms with van der Waals surface area (Å²) in [5, 5.41) is 1.16. The fourth-order valence-electron chi connectivity index (χ4n) is 2.65. The summed E-state index contributed by atoms with van der Waals surface area (Å²) in [7, 11) is 0. The average Bonchev–Trinajstić information content (AvgIpc) is 2.47. The van der Waals surface area contributed by atoms with Gasteiger partial charge in [-0.15, -0.1) is 0 Å². The summed E-state index contributed by atoms with van der Waals surface area (Å²) in [4.78, 5) is 4.33. The lowest BCUT2D eigenvalue weighted by Gasteiger charge is -2.28. The average molecular weight is 242 g/mol. The second-order valence-corrected chi connectivity index (χ2v) is 4.93. The second kappa shape index (κ2) is 5.04. The second-order valence-electron chi connectivity index (χ2n) is 4.93. The van der Waals surface area contributed by atoms with Crippen molar-refractivity contribution in [2.24, 2.45) is 11.7 Å². The fourth-order valence-corrected chi connectivity index (χ4v) is 2.65. The summed E-state index contributed by atoms with van der Waals surface area (Å²) in [5.74, 6) is 0.535. The molecule has 1 aliphatic heterocycles. The highest BCUT2D eigenvalue weighted by Gasteiger charge is 2.22. The highest BCUT2D eigenvalue weighted by atomic mass is 16.5. The van der Waals surface area contributed by atoms with Gasteiger partial charge in [-0.1, -0.05) is 12.1 Å². The third-order valence-electron chi connectivity index (χ3n) is 3.79. The van der Waals surface area contributed by atoms with Crippen LogP contribution in [0.15, 0.2) is 36.5 Å². The van der Waals surface area contributed by atoms with E-state index in [9.17, 15) is 0 Å².